The van der Waals surface area contributed by atoms with Crippen LogP contribution >= 0.6 is 0 Å². The molecule has 0 aromatic rings. The van der Waals surface area contributed by atoms with Crippen LogP contribution in [0.2, 0.25) is 0 Å². The zero-order valence-corrected chi connectivity index (χ0v) is 8.23. The van der Waals surface area contributed by atoms with Crippen molar-refractivity contribution in [2.75, 3.05) is 0 Å². The van der Waals surface area contributed by atoms with Gasteiger partial charge in [0.25, 0.3) is 5.91 Å². The average molecular weight is 251 g/mol. The van der Waals surface area contributed by atoms with Gasteiger partial charge in [-0.05, 0) is 6.08 Å². The minimum Gasteiger partial charge on any atom is -0.475 e. The lowest BCUT2D eigenvalue weighted by atomic mass is 10.4. The predicted molar refractivity (Wildman–Crippen MR) is 51.7 cm³/mol. The number of carboxylic acid groups (broad SMARTS) is 1. The summed E-state index contributed by atoms with van der Waals surface area (Å²) >= 11 is 0. The van der Waals surface area contributed by atoms with E-state index < -0.39 is 18.1 Å². The van der Waals surface area contributed by atoms with E-state index in [4.69, 9.17) is 15.6 Å². The first-order valence-electron chi connectivity index (χ1n) is 4.00. The first-order valence-corrected chi connectivity index (χ1v) is 4.00. The van der Waals surface area contributed by atoms with Crippen LogP contribution in [-0.2, 0) is 9.59 Å². The van der Waals surface area contributed by atoms with Crippen LogP contribution in [0.3, 0.4) is 0 Å². The van der Waals surface area contributed by atoms with E-state index in [2.05, 4.69) is 10.3 Å². The van der Waals surface area contributed by atoms with Crippen LogP contribution in [0.15, 0.2) is 29.2 Å². The number of rotatable bonds is 1. The highest BCUT2D eigenvalue weighted by molar-refractivity contribution is 5.92. The molecule has 1 rings (SSSR count). The summed E-state index contributed by atoms with van der Waals surface area (Å²) in [6.07, 6.45) is 1.12. The smallest absolute Gasteiger partial charge is 0.475 e. The summed E-state index contributed by atoms with van der Waals surface area (Å²) in [6, 6.07) is 0. The monoisotopic (exact) mass is 251 g/mol. The van der Waals surface area contributed by atoms with Gasteiger partial charge in [-0.1, -0.05) is 0 Å². The fourth-order valence-electron chi connectivity index (χ4n) is 0.520. The summed E-state index contributed by atoms with van der Waals surface area (Å²) in [5.41, 5.74) is 5.26. The Morgan fingerprint density at radius 3 is 2.35 bits per heavy atom. The maximum Gasteiger partial charge on any atom is 0.490 e. The van der Waals surface area contributed by atoms with E-state index in [0.717, 1.165) is 0 Å². The number of nitrogens with zero attached hydrogens (tertiary/aromatic N) is 1. The zero-order valence-electron chi connectivity index (χ0n) is 8.23. The van der Waals surface area contributed by atoms with Gasteiger partial charge in [0.1, 0.15) is 5.70 Å². The molecule has 0 aromatic carbocycles. The summed E-state index contributed by atoms with van der Waals surface area (Å²) < 4.78 is 31.7. The molecule has 0 fully saturated rings. The Hall–Kier alpha value is -2.32. The van der Waals surface area contributed by atoms with Crippen LogP contribution in [0.25, 0.3) is 0 Å². The van der Waals surface area contributed by atoms with Crippen LogP contribution in [0.1, 0.15) is 0 Å². The molecule has 1 amide bonds. The van der Waals surface area contributed by atoms with Crippen molar-refractivity contribution in [3.05, 3.63) is 24.2 Å². The maximum atomic E-state index is 10.6. The highest BCUT2D eigenvalue weighted by Gasteiger charge is 2.38. The first kappa shape index (κ1) is 14.7. The molecule has 0 saturated carbocycles. The molecule has 94 valence electrons. The van der Waals surface area contributed by atoms with Crippen molar-refractivity contribution in [3.63, 3.8) is 0 Å². The van der Waals surface area contributed by atoms with Crippen LogP contribution in [0.4, 0.5) is 13.2 Å². The second-order valence-electron chi connectivity index (χ2n) is 2.51. The molecule has 0 atom stereocenters. The molecule has 0 aromatic heterocycles. The Kier molecular flexibility index (Phi) is 5.44. The Balaban J connectivity index is 0.000000325. The predicted octanol–water partition coefficient (Wildman–Crippen LogP) is 0.134. The molecule has 0 saturated heterocycles. The molecule has 17 heavy (non-hydrogen) atoms. The second-order valence-corrected chi connectivity index (χ2v) is 2.51. The van der Waals surface area contributed by atoms with Gasteiger partial charge in [-0.25, -0.2) is 4.79 Å². The topological polar surface area (TPSA) is 105 Å². The van der Waals surface area contributed by atoms with E-state index in [0.29, 0.717) is 5.70 Å². The van der Waals surface area contributed by atoms with Crippen LogP contribution in [0.5, 0.6) is 0 Å². The van der Waals surface area contributed by atoms with Gasteiger partial charge in [0.15, 0.2) is 0 Å². The second kappa shape index (κ2) is 6.30. The van der Waals surface area contributed by atoms with Crippen molar-refractivity contribution >= 4 is 18.1 Å². The third kappa shape index (κ3) is 6.71. The molecule has 4 N–H and O–H groups in total. The molecule has 0 bridgehead atoms. The number of amides is 1. The van der Waals surface area contributed by atoms with Gasteiger partial charge >= 0.3 is 12.1 Å². The minimum absolute atomic E-state index is 0.296. The van der Waals surface area contributed by atoms with E-state index in [1.807, 2.05) is 0 Å². The quantitative estimate of drug-likeness (QED) is 0.616. The third-order valence-electron chi connectivity index (χ3n) is 1.22. The van der Waals surface area contributed by atoms with Gasteiger partial charge in [-0.3, -0.25) is 9.79 Å². The molecule has 1 aliphatic rings. The summed E-state index contributed by atoms with van der Waals surface area (Å²) in [7, 11) is 0. The van der Waals surface area contributed by atoms with Crippen LogP contribution in [0, 0.1) is 0 Å². The standard InChI is InChI=1S/C6H7N3O.C2HF3O2/c7-6(10)5-4-8-2-1-3-9-5;3-2(4,5)1(6)7/h1-4,9H,(H2,7,10);(H,6,7). The Labute approximate surface area is 93.3 Å². The number of nitrogens with one attached hydrogen (secondary N) is 1. The average Bonchev–Trinajstić information content (AvgIpc) is 2.44. The summed E-state index contributed by atoms with van der Waals surface area (Å²) in [4.78, 5) is 23.1. The Morgan fingerprint density at radius 2 is 1.94 bits per heavy atom. The van der Waals surface area contributed by atoms with Crippen LogP contribution in [-0.4, -0.2) is 29.4 Å². The van der Waals surface area contributed by atoms with Crippen molar-refractivity contribution < 1.29 is 27.9 Å². The Morgan fingerprint density at radius 1 is 1.41 bits per heavy atom. The number of aliphatic imine (C=N–C) groups is 1. The molecule has 0 spiro atoms. The van der Waals surface area contributed by atoms with Crippen molar-refractivity contribution in [1.82, 2.24) is 5.32 Å². The number of hydrogen-bond acceptors (Lipinski definition) is 4. The number of hydrogen-bond donors (Lipinski definition) is 3. The number of halogens is 3. The normalized spacial score (nSPS) is 13.7. The van der Waals surface area contributed by atoms with E-state index in [1.165, 1.54) is 6.20 Å². The number of carbonyl (C=O) groups excluding carboxylic acids is 1. The number of nitrogens with two attached hydrogens (primary N) is 1. The molecule has 0 unspecified atom stereocenters. The number of primary amides is 1. The SMILES string of the molecule is NC(=O)C1=CN=CC=CN1.O=C(O)C(F)(F)F. The molecule has 0 radical (unpaired) electrons. The van der Waals surface area contributed by atoms with Crippen molar-refractivity contribution in [3.8, 4) is 0 Å². The van der Waals surface area contributed by atoms with Crippen molar-refractivity contribution in [1.29, 1.82) is 0 Å². The number of allylic oxidation sites excluding steroid dienone is 1. The fraction of sp³-hybridized carbons (Fsp3) is 0.125. The lowest BCUT2D eigenvalue weighted by Gasteiger charge is -1.96. The number of aliphatic carboxylic acids is 1. The number of carboxylic acids is 1. The third-order valence-corrected chi connectivity index (χ3v) is 1.22. The molecule has 9 heteroatoms. The lowest BCUT2D eigenvalue weighted by molar-refractivity contribution is -0.192. The minimum atomic E-state index is -5.08. The van der Waals surface area contributed by atoms with E-state index >= 15 is 0 Å². The molecule has 1 heterocycles. The highest BCUT2D eigenvalue weighted by atomic mass is 19.4. The van der Waals surface area contributed by atoms with Crippen LogP contribution < -0.4 is 11.1 Å². The van der Waals surface area contributed by atoms with E-state index in [-0.39, 0.29) is 0 Å². The maximum absolute atomic E-state index is 10.6. The lowest BCUT2D eigenvalue weighted by Crippen LogP contribution is -2.22. The van der Waals surface area contributed by atoms with Gasteiger partial charge in [-0.15, -0.1) is 0 Å². The van der Waals surface area contributed by atoms with Gasteiger partial charge in [0.05, 0.1) is 6.20 Å². The van der Waals surface area contributed by atoms with Gasteiger partial charge in [0.2, 0.25) is 0 Å². The largest absolute Gasteiger partial charge is 0.490 e. The zero-order chi connectivity index (χ0) is 13.5. The Bertz CT molecular complexity index is 385. The van der Waals surface area contributed by atoms with Crippen molar-refractivity contribution in [2.24, 2.45) is 10.7 Å². The first-order chi connectivity index (χ1) is 7.75. The van der Waals surface area contributed by atoms with E-state index in [9.17, 15) is 18.0 Å². The molecule has 6 nitrogen and oxygen atoms in total. The van der Waals surface area contributed by atoms with E-state index in [1.54, 1.807) is 18.5 Å². The highest BCUT2D eigenvalue weighted by Crippen LogP contribution is 2.13. The van der Waals surface area contributed by atoms with Gasteiger partial charge in [0, 0.05) is 12.4 Å². The van der Waals surface area contributed by atoms with Crippen molar-refractivity contribution in [2.45, 2.75) is 6.18 Å². The molecule has 0 aliphatic carbocycles. The summed E-state index contributed by atoms with van der Waals surface area (Å²) in [5.74, 6) is -3.27. The summed E-state index contributed by atoms with van der Waals surface area (Å²) in [5, 5.41) is 9.79. The molecular formula is C8H8F3N3O3. The summed E-state index contributed by atoms with van der Waals surface area (Å²) in [6.45, 7) is 0. The number of alkyl halides is 3. The van der Waals surface area contributed by atoms with Gasteiger partial charge in [-0.2, -0.15) is 13.2 Å². The fourth-order valence-corrected chi connectivity index (χ4v) is 0.520. The molecule has 1 aliphatic heterocycles. The molecular weight excluding hydrogens is 243 g/mol. The van der Waals surface area contributed by atoms with Gasteiger partial charge < -0.3 is 16.2 Å². The number of carbonyl (C=O) groups is 2.